The number of piperidine rings is 1. The van der Waals surface area contributed by atoms with Crippen LogP contribution in [0, 0.1) is 11.8 Å². The molecule has 1 atom stereocenters. The summed E-state index contributed by atoms with van der Waals surface area (Å²) < 4.78 is 0. The molecule has 0 aromatic rings. The van der Waals surface area contributed by atoms with Gasteiger partial charge in [0.05, 0.1) is 5.92 Å². The van der Waals surface area contributed by atoms with Crippen molar-refractivity contribution in [2.45, 2.75) is 26.7 Å². The van der Waals surface area contributed by atoms with E-state index in [2.05, 4.69) is 0 Å². The molecule has 0 bridgehead atoms. The van der Waals surface area contributed by atoms with E-state index in [-0.39, 0.29) is 31.0 Å². The minimum Gasteiger partial charge on any atom is -0.480 e. The molecule has 1 saturated heterocycles. The molecule has 3 N–H and O–H groups in total. The Morgan fingerprint density at radius 2 is 2.05 bits per heavy atom. The van der Waals surface area contributed by atoms with Crippen molar-refractivity contribution in [2.24, 2.45) is 17.6 Å². The van der Waals surface area contributed by atoms with E-state index < -0.39 is 11.9 Å². The third-order valence-corrected chi connectivity index (χ3v) is 3.28. The molecule has 0 spiro atoms. The molecule has 7 heteroatoms. The highest BCUT2D eigenvalue weighted by Gasteiger charge is 2.30. The van der Waals surface area contributed by atoms with Crippen molar-refractivity contribution in [1.29, 1.82) is 0 Å². The molecular weight excluding hydrogens is 262 g/mol. The molecule has 0 radical (unpaired) electrons. The predicted octanol–water partition coefficient (Wildman–Crippen LogP) is 0.346. The van der Waals surface area contributed by atoms with Gasteiger partial charge in [0.1, 0.15) is 6.54 Å². The zero-order chi connectivity index (χ0) is 15.3. The number of carboxylic acid groups (broad SMARTS) is 1. The first kappa shape index (κ1) is 16.3. The van der Waals surface area contributed by atoms with Gasteiger partial charge in [-0.15, -0.1) is 0 Å². The number of carbonyl (C=O) groups is 3. The van der Waals surface area contributed by atoms with Crippen molar-refractivity contribution in [1.82, 2.24) is 9.80 Å². The van der Waals surface area contributed by atoms with Gasteiger partial charge in [-0.3, -0.25) is 9.59 Å². The molecule has 0 aromatic carbocycles. The summed E-state index contributed by atoms with van der Waals surface area (Å²) in [6, 6.07) is -0.327. The smallest absolute Gasteiger partial charge is 0.323 e. The Hall–Kier alpha value is -1.79. The van der Waals surface area contributed by atoms with Gasteiger partial charge in [-0.2, -0.15) is 0 Å². The van der Waals surface area contributed by atoms with Crippen LogP contribution in [-0.2, 0) is 9.59 Å². The molecule has 1 rings (SSSR count). The highest BCUT2D eigenvalue weighted by Crippen LogP contribution is 2.18. The summed E-state index contributed by atoms with van der Waals surface area (Å²) in [6.45, 7) is 4.71. The number of aliphatic carboxylic acids is 1. The maximum absolute atomic E-state index is 12.4. The van der Waals surface area contributed by atoms with Gasteiger partial charge in [0.25, 0.3) is 0 Å². The van der Waals surface area contributed by atoms with Crippen LogP contribution in [0.3, 0.4) is 0 Å². The number of nitrogens with two attached hydrogens (primary N) is 1. The molecule has 0 aromatic heterocycles. The fourth-order valence-corrected chi connectivity index (χ4v) is 2.40. The van der Waals surface area contributed by atoms with Gasteiger partial charge in [-0.25, -0.2) is 4.79 Å². The SMILES string of the molecule is CC(C)CN(CC(=O)O)C(=O)N1CCCC(C(N)=O)C1. The van der Waals surface area contributed by atoms with Crippen molar-refractivity contribution in [3.8, 4) is 0 Å². The number of likely N-dealkylation sites (tertiary alicyclic amines) is 1. The van der Waals surface area contributed by atoms with Crippen LogP contribution in [0.25, 0.3) is 0 Å². The summed E-state index contributed by atoms with van der Waals surface area (Å²) in [4.78, 5) is 37.3. The predicted molar refractivity (Wildman–Crippen MR) is 72.9 cm³/mol. The number of carboxylic acids is 1. The second-order valence-corrected chi connectivity index (χ2v) is 5.64. The standard InChI is InChI=1S/C13H23N3O4/c1-9(2)6-16(8-11(17)18)13(20)15-5-3-4-10(7-15)12(14)19/h9-10H,3-8H2,1-2H3,(H2,14,19)(H,17,18). The van der Waals surface area contributed by atoms with Crippen molar-refractivity contribution >= 4 is 17.9 Å². The van der Waals surface area contributed by atoms with Gasteiger partial charge < -0.3 is 20.6 Å². The van der Waals surface area contributed by atoms with E-state index in [1.807, 2.05) is 13.8 Å². The molecule has 0 saturated carbocycles. The van der Waals surface area contributed by atoms with Crippen LogP contribution in [0.1, 0.15) is 26.7 Å². The Kier molecular flexibility index (Phi) is 5.79. The quantitative estimate of drug-likeness (QED) is 0.760. The minimum absolute atomic E-state index is 0.176. The highest BCUT2D eigenvalue weighted by molar-refractivity contribution is 5.82. The van der Waals surface area contributed by atoms with Gasteiger partial charge in [-0.05, 0) is 18.8 Å². The van der Waals surface area contributed by atoms with Crippen LogP contribution < -0.4 is 5.73 Å². The first-order chi connectivity index (χ1) is 9.31. The third kappa shape index (κ3) is 4.71. The fourth-order valence-electron chi connectivity index (χ4n) is 2.40. The van der Waals surface area contributed by atoms with Crippen LogP contribution in [0.4, 0.5) is 4.79 Å². The molecule has 1 aliphatic rings. The van der Waals surface area contributed by atoms with E-state index in [0.717, 1.165) is 0 Å². The van der Waals surface area contributed by atoms with Crippen LogP contribution in [0.2, 0.25) is 0 Å². The monoisotopic (exact) mass is 285 g/mol. The van der Waals surface area contributed by atoms with Gasteiger partial charge in [0.2, 0.25) is 5.91 Å². The van der Waals surface area contributed by atoms with Crippen LogP contribution in [-0.4, -0.2) is 59.0 Å². The second-order valence-electron chi connectivity index (χ2n) is 5.64. The minimum atomic E-state index is -1.04. The van der Waals surface area contributed by atoms with Gasteiger partial charge in [-0.1, -0.05) is 13.8 Å². The summed E-state index contributed by atoms with van der Waals surface area (Å²) in [7, 11) is 0. The number of amides is 3. The topological polar surface area (TPSA) is 104 Å². The van der Waals surface area contributed by atoms with E-state index in [0.29, 0.717) is 25.9 Å². The molecule has 1 unspecified atom stereocenters. The number of hydrogen-bond acceptors (Lipinski definition) is 3. The number of urea groups is 1. The zero-order valence-corrected chi connectivity index (χ0v) is 12.0. The number of carbonyl (C=O) groups excluding carboxylic acids is 2. The molecule has 1 aliphatic heterocycles. The molecule has 7 nitrogen and oxygen atoms in total. The number of primary amides is 1. The fraction of sp³-hybridized carbons (Fsp3) is 0.769. The summed E-state index contributed by atoms with van der Waals surface area (Å²) >= 11 is 0. The van der Waals surface area contributed by atoms with Crippen molar-refractivity contribution in [3.63, 3.8) is 0 Å². The lowest BCUT2D eigenvalue weighted by Crippen LogP contribution is -2.51. The lowest BCUT2D eigenvalue weighted by Gasteiger charge is -2.35. The average molecular weight is 285 g/mol. The van der Waals surface area contributed by atoms with Gasteiger partial charge >= 0.3 is 12.0 Å². The van der Waals surface area contributed by atoms with Crippen LogP contribution >= 0.6 is 0 Å². The van der Waals surface area contributed by atoms with Gasteiger partial charge in [0, 0.05) is 19.6 Å². The first-order valence-electron chi connectivity index (χ1n) is 6.86. The summed E-state index contributed by atoms with van der Waals surface area (Å²) in [6.07, 6.45) is 1.39. The van der Waals surface area contributed by atoms with Crippen LogP contribution in [0.5, 0.6) is 0 Å². The Morgan fingerprint density at radius 1 is 1.40 bits per heavy atom. The van der Waals surface area contributed by atoms with E-state index in [4.69, 9.17) is 10.8 Å². The molecule has 1 heterocycles. The highest BCUT2D eigenvalue weighted by atomic mass is 16.4. The summed E-state index contributed by atoms with van der Waals surface area (Å²) in [5.74, 6) is -1.60. The van der Waals surface area contributed by atoms with E-state index >= 15 is 0 Å². The maximum atomic E-state index is 12.4. The number of rotatable bonds is 5. The van der Waals surface area contributed by atoms with Crippen molar-refractivity contribution in [3.05, 3.63) is 0 Å². The van der Waals surface area contributed by atoms with E-state index in [9.17, 15) is 14.4 Å². The molecule has 3 amide bonds. The zero-order valence-electron chi connectivity index (χ0n) is 12.0. The third-order valence-electron chi connectivity index (χ3n) is 3.28. The average Bonchev–Trinajstić information content (AvgIpc) is 2.36. The maximum Gasteiger partial charge on any atom is 0.323 e. The first-order valence-corrected chi connectivity index (χ1v) is 6.86. The largest absolute Gasteiger partial charge is 0.480 e. The Morgan fingerprint density at radius 3 is 2.55 bits per heavy atom. The summed E-state index contributed by atoms with van der Waals surface area (Å²) in [5, 5.41) is 8.90. The number of nitrogens with zero attached hydrogens (tertiary/aromatic N) is 2. The van der Waals surface area contributed by atoms with Crippen LogP contribution in [0.15, 0.2) is 0 Å². The van der Waals surface area contributed by atoms with Gasteiger partial charge in [0.15, 0.2) is 0 Å². The molecule has 1 fully saturated rings. The molecule has 20 heavy (non-hydrogen) atoms. The molecule has 0 aliphatic carbocycles. The molecule has 114 valence electrons. The molecular formula is C13H23N3O4. The van der Waals surface area contributed by atoms with Crippen molar-refractivity contribution in [2.75, 3.05) is 26.2 Å². The Balaban J connectivity index is 2.72. The number of hydrogen-bond donors (Lipinski definition) is 2. The lowest BCUT2D eigenvalue weighted by molar-refractivity contribution is -0.138. The normalized spacial score (nSPS) is 18.9. The Bertz CT molecular complexity index is 384. The van der Waals surface area contributed by atoms with Crippen molar-refractivity contribution < 1.29 is 19.5 Å². The second kappa shape index (κ2) is 7.12. The lowest BCUT2D eigenvalue weighted by atomic mass is 9.98. The van der Waals surface area contributed by atoms with E-state index in [1.165, 1.54) is 9.80 Å². The van der Waals surface area contributed by atoms with E-state index in [1.54, 1.807) is 0 Å². The summed E-state index contributed by atoms with van der Waals surface area (Å²) in [5.41, 5.74) is 5.28. The Labute approximate surface area is 118 Å².